The van der Waals surface area contributed by atoms with Crippen LogP contribution in [0, 0.1) is 18.7 Å². The average Bonchev–Trinajstić information content (AvgIpc) is 2.96. The van der Waals surface area contributed by atoms with E-state index in [1.165, 1.54) is 12.5 Å². The highest BCUT2D eigenvalue weighted by Gasteiger charge is 2.36. The van der Waals surface area contributed by atoms with Gasteiger partial charge in [-0.1, -0.05) is 6.92 Å². The molecule has 20 heavy (non-hydrogen) atoms. The zero-order valence-corrected chi connectivity index (χ0v) is 13.1. The second kappa shape index (κ2) is 5.24. The minimum atomic E-state index is -0.259. The molecule has 3 rings (SSSR count). The second-order valence-corrected chi connectivity index (χ2v) is 6.41. The summed E-state index contributed by atoms with van der Waals surface area (Å²) in [6.07, 6.45) is 1.22. The number of anilines is 1. The van der Waals surface area contributed by atoms with E-state index < -0.39 is 0 Å². The van der Waals surface area contributed by atoms with Gasteiger partial charge in [0.25, 0.3) is 0 Å². The molecule has 2 aromatic rings. The van der Waals surface area contributed by atoms with Gasteiger partial charge in [0.05, 0.1) is 11.0 Å². The maximum absolute atomic E-state index is 13.5. The molecular weight excluding hydrogens is 321 g/mol. The van der Waals surface area contributed by atoms with E-state index in [-0.39, 0.29) is 5.82 Å². The van der Waals surface area contributed by atoms with Crippen LogP contribution in [0.1, 0.15) is 36.3 Å². The first-order chi connectivity index (χ1) is 9.54. The molecule has 0 bridgehead atoms. The lowest BCUT2D eigenvalue weighted by molar-refractivity contribution is 0.468. The van der Waals surface area contributed by atoms with Gasteiger partial charge in [-0.15, -0.1) is 0 Å². The van der Waals surface area contributed by atoms with Gasteiger partial charge in [0.2, 0.25) is 0 Å². The van der Waals surface area contributed by atoms with Gasteiger partial charge in [0.15, 0.2) is 0 Å². The minimum Gasteiger partial charge on any atom is -0.464 e. The molecule has 0 saturated heterocycles. The van der Waals surface area contributed by atoms with E-state index in [4.69, 9.17) is 4.42 Å². The molecule has 1 saturated carbocycles. The SMILES string of the molecule is Cc1cc(Br)c(F)cc1NCc1ccc(C2CC2C)o1. The summed E-state index contributed by atoms with van der Waals surface area (Å²) in [5.74, 6) is 3.04. The lowest BCUT2D eigenvalue weighted by Gasteiger charge is -2.09. The Morgan fingerprint density at radius 1 is 1.40 bits per heavy atom. The molecule has 106 valence electrons. The van der Waals surface area contributed by atoms with Crippen molar-refractivity contribution in [3.05, 3.63) is 51.6 Å². The fraction of sp³-hybridized carbons (Fsp3) is 0.375. The van der Waals surface area contributed by atoms with Crippen LogP contribution in [-0.4, -0.2) is 0 Å². The number of benzene rings is 1. The Balaban J connectivity index is 1.67. The maximum Gasteiger partial charge on any atom is 0.139 e. The molecule has 1 fully saturated rings. The van der Waals surface area contributed by atoms with Crippen LogP contribution in [0.5, 0.6) is 0 Å². The van der Waals surface area contributed by atoms with E-state index >= 15 is 0 Å². The van der Waals surface area contributed by atoms with E-state index in [9.17, 15) is 4.39 Å². The molecule has 1 N–H and O–H groups in total. The van der Waals surface area contributed by atoms with E-state index in [0.717, 1.165) is 28.7 Å². The third-order valence-electron chi connectivity index (χ3n) is 3.88. The Hall–Kier alpha value is -1.29. The van der Waals surface area contributed by atoms with Crippen molar-refractivity contribution in [2.45, 2.75) is 32.7 Å². The summed E-state index contributed by atoms with van der Waals surface area (Å²) in [5.41, 5.74) is 1.80. The van der Waals surface area contributed by atoms with Crippen LogP contribution in [0.15, 0.2) is 33.2 Å². The normalized spacial score (nSPS) is 21.0. The summed E-state index contributed by atoms with van der Waals surface area (Å²) in [4.78, 5) is 0. The highest BCUT2D eigenvalue weighted by Crippen LogP contribution is 2.47. The molecule has 1 heterocycles. The zero-order valence-electron chi connectivity index (χ0n) is 11.5. The fourth-order valence-electron chi connectivity index (χ4n) is 2.43. The number of nitrogens with one attached hydrogen (secondary N) is 1. The molecule has 0 amide bonds. The average molecular weight is 338 g/mol. The summed E-state index contributed by atoms with van der Waals surface area (Å²) in [6, 6.07) is 7.33. The van der Waals surface area contributed by atoms with E-state index in [1.807, 2.05) is 13.0 Å². The fourth-order valence-corrected chi connectivity index (χ4v) is 2.88. The van der Waals surface area contributed by atoms with Crippen molar-refractivity contribution in [1.82, 2.24) is 0 Å². The smallest absolute Gasteiger partial charge is 0.139 e. The monoisotopic (exact) mass is 337 g/mol. The predicted octanol–water partition coefficient (Wildman–Crippen LogP) is 5.23. The standard InChI is InChI=1S/C16H17BrFNO/c1-9-5-12(9)16-4-3-11(20-16)8-19-15-7-14(18)13(17)6-10(15)2/h3-4,6-7,9,12,19H,5,8H2,1-2H3. The first kappa shape index (κ1) is 13.7. The summed E-state index contributed by atoms with van der Waals surface area (Å²) >= 11 is 3.19. The van der Waals surface area contributed by atoms with Crippen molar-refractivity contribution in [2.24, 2.45) is 5.92 Å². The van der Waals surface area contributed by atoms with Gasteiger partial charge in [-0.05, 0) is 65.0 Å². The van der Waals surface area contributed by atoms with Crippen LogP contribution in [0.2, 0.25) is 0 Å². The Morgan fingerprint density at radius 3 is 2.85 bits per heavy atom. The first-order valence-electron chi connectivity index (χ1n) is 6.82. The molecule has 2 unspecified atom stereocenters. The molecule has 1 aliphatic carbocycles. The minimum absolute atomic E-state index is 0.259. The van der Waals surface area contributed by atoms with E-state index in [1.54, 1.807) is 6.07 Å². The quantitative estimate of drug-likeness (QED) is 0.826. The van der Waals surface area contributed by atoms with Crippen molar-refractivity contribution in [3.63, 3.8) is 0 Å². The lowest BCUT2D eigenvalue weighted by atomic mass is 10.2. The zero-order chi connectivity index (χ0) is 14.3. The van der Waals surface area contributed by atoms with Crippen LogP contribution >= 0.6 is 15.9 Å². The van der Waals surface area contributed by atoms with Crippen LogP contribution < -0.4 is 5.32 Å². The van der Waals surface area contributed by atoms with Gasteiger partial charge in [0, 0.05) is 11.6 Å². The summed E-state index contributed by atoms with van der Waals surface area (Å²) in [5, 5.41) is 3.23. The van der Waals surface area contributed by atoms with E-state index in [2.05, 4.69) is 34.2 Å². The van der Waals surface area contributed by atoms with Crippen molar-refractivity contribution in [1.29, 1.82) is 0 Å². The lowest BCUT2D eigenvalue weighted by Crippen LogP contribution is -2.01. The maximum atomic E-state index is 13.5. The molecule has 0 radical (unpaired) electrons. The van der Waals surface area contributed by atoms with Gasteiger partial charge in [0.1, 0.15) is 17.3 Å². The Bertz CT molecular complexity index is 637. The number of furan rings is 1. The number of rotatable bonds is 4. The van der Waals surface area contributed by atoms with E-state index in [0.29, 0.717) is 16.9 Å². The van der Waals surface area contributed by atoms with Gasteiger partial charge in [-0.3, -0.25) is 0 Å². The molecule has 1 aromatic heterocycles. The molecule has 4 heteroatoms. The topological polar surface area (TPSA) is 25.2 Å². The molecule has 0 spiro atoms. The Morgan fingerprint density at radius 2 is 2.15 bits per heavy atom. The van der Waals surface area contributed by atoms with Gasteiger partial charge < -0.3 is 9.73 Å². The Labute approximate surface area is 126 Å². The molecular formula is C16H17BrFNO. The molecule has 0 aliphatic heterocycles. The van der Waals surface area contributed by atoms with Gasteiger partial charge in [-0.2, -0.15) is 0 Å². The molecule has 2 atom stereocenters. The van der Waals surface area contributed by atoms with Crippen molar-refractivity contribution >= 4 is 21.6 Å². The number of aryl methyl sites for hydroxylation is 1. The predicted molar refractivity (Wildman–Crippen MR) is 81.4 cm³/mol. The van der Waals surface area contributed by atoms with Gasteiger partial charge in [-0.25, -0.2) is 4.39 Å². The number of halogens is 2. The number of hydrogen-bond acceptors (Lipinski definition) is 2. The summed E-state index contributed by atoms with van der Waals surface area (Å²) in [7, 11) is 0. The third-order valence-corrected chi connectivity index (χ3v) is 4.49. The van der Waals surface area contributed by atoms with Crippen molar-refractivity contribution in [3.8, 4) is 0 Å². The highest BCUT2D eigenvalue weighted by molar-refractivity contribution is 9.10. The van der Waals surface area contributed by atoms with Crippen LogP contribution in [0.25, 0.3) is 0 Å². The largest absolute Gasteiger partial charge is 0.464 e. The van der Waals surface area contributed by atoms with Crippen LogP contribution in [0.4, 0.5) is 10.1 Å². The summed E-state index contributed by atoms with van der Waals surface area (Å²) in [6.45, 7) is 4.76. The number of hydrogen-bond donors (Lipinski definition) is 1. The van der Waals surface area contributed by atoms with Crippen molar-refractivity contribution in [2.75, 3.05) is 5.32 Å². The first-order valence-corrected chi connectivity index (χ1v) is 7.62. The van der Waals surface area contributed by atoms with Crippen LogP contribution in [-0.2, 0) is 6.54 Å². The van der Waals surface area contributed by atoms with Gasteiger partial charge >= 0.3 is 0 Å². The Kier molecular flexibility index (Phi) is 3.59. The molecule has 1 aromatic carbocycles. The highest BCUT2D eigenvalue weighted by atomic mass is 79.9. The third kappa shape index (κ3) is 2.75. The molecule has 1 aliphatic rings. The van der Waals surface area contributed by atoms with Crippen LogP contribution in [0.3, 0.4) is 0 Å². The summed E-state index contributed by atoms with van der Waals surface area (Å²) < 4.78 is 19.9. The van der Waals surface area contributed by atoms with Crippen molar-refractivity contribution < 1.29 is 8.81 Å². The molecule has 2 nitrogen and oxygen atoms in total. The second-order valence-electron chi connectivity index (χ2n) is 5.56.